The molecule has 0 spiro atoms. The van der Waals surface area contributed by atoms with Gasteiger partial charge < -0.3 is 16.4 Å². The molecule has 0 aliphatic carbocycles. The van der Waals surface area contributed by atoms with Crippen molar-refractivity contribution in [1.29, 1.82) is 0 Å². The maximum absolute atomic E-state index is 13.6. The van der Waals surface area contributed by atoms with E-state index in [1.807, 2.05) is 13.8 Å². The molecule has 21 heavy (non-hydrogen) atoms. The van der Waals surface area contributed by atoms with Gasteiger partial charge in [0.05, 0.1) is 11.3 Å². The minimum absolute atomic E-state index is 0.0248. The molecule has 0 fully saturated rings. The molecule has 1 aromatic rings. The summed E-state index contributed by atoms with van der Waals surface area (Å²) in [6.07, 6.45) is 0.856. The Balaban J connectivity index is 2.53. The highest BCUT2D eigenvalue weighted by Gasteiger charge is 2.16. The van der Waals surface area contributed by atoms with E-state index in [2.05, 4.69) is 10.6 Å². The topological polar surface area (TPSA) is 84.2 Å². The lowest BCUT2D eigenvalue weighted by Crippen LogP contribution is -2.35. The molecule has 0 bridgehead atoms. The fourth-order valence-electron chi connectivity index (χ4n) is 1.61. The van der Waals surface area contributed by atoms with Gasteiger partial charge in [0.15, 0.2) is 5.82 Å². The molecule has 0 aromatic heterocycles. The number of nitrogen functional groups attached to an aromatic ring is 1. The van der Waals surface area contributed by atoms with Gasteiger partial charge in [0.25, 0.3) is 5.91 Å². The lowest BCUT2D eigenvalue weighted by molar-refractivity contribution is -0.121. The van der Waals surface area contributed by atoms with Crippen LogP contribution in [0.5, 0.6) is 0 Å². The van der Waals surface area contributed by atoms with Gasteiger partial charge in [-0.15, -0.1) is 0 Å². The second kappa shape index (κ2) is 7.56. The number of carbonyl (C=O) groups excluding carboxylic acids is 2. The van der Waals surface area contributed by atoms with Crippen molar-refractivity contribution in [3.05, 3.63) is 29.3 Å². The smallest absolute Gasteiger partial charge is 0.254 e. The van der Waals surface area contributed by atoms with E-state index in [1.54, 1.807) is 0 Å². The summed E-state index contributed by atoms with van der Waals surface area (Å²) in [7, 11) is 0. The maximum Gasteiger partial charge on any atom is 0.254 e. The Morgan fingerprint density at radius 1 is 1.33 bits per heavy atom. The van der Waals surface area contributed by atoms with Crippen LogP contribution in [0.25, 0.3) is 0 Å². The second-order valence-corrected chi connectivity index (χ2v) is 4.74. The highest BCUT2D eigenvalue weighted by atomic mass is 19.1. The van der Waals surface area contributed by atoms with Crippen LogP contribution in [-0.2, 0) is 4.79 Å². The van der Waals surface area contributed by atoms with Crippen molar-refractivity contribution in [3.63, 3.8) is 0 Å². The quantitative estimate of drug-likeness (QED) is 0.697. The van der Waals surface area contributed by atoms with Crippen LogP contribution in [0.3, 0.4) is 0 Å². The number of halogens is 2. The molecule has 0 aliphatic heterocycles. The monoisotopic (exact) mass is 299 g/mol. The molecule has 1 atom stereocenters. The fourth-order valence-corrected chi connectivity index (χ4v) is 1.61. The van der Waals surface area contributed by atoms with Gasteiger partial charge in [-0.05, 0) is 25.5 Å². The third kappa shape index (κ3) is 5.02. The Morgan fingerprint density at radius 3 is 2.62 bits per heavy atom. The van der Waals surface area contributed by atoms with Gasteiger partial charge in [-0.25, -0.2) is 8.78 Å². The molecule has 1 aromatic carbocycles. The Labute approximate surface area is 121 Å². The Morgan fingerprint density at radius 2 is 2.00 bits per heavy atom. The zero-order chi connectivity index (χ0) is 16.0. The van der Waals surface area contributed by atoms with Crippen LogP contribution in [0.1, 0.15) is 37.0 Å². The van der Waals surface area contributed by atoms with Crippen molar-refractivity contribution in [2.75, 3.05) is 12.3 Å². The summed E-state index contributed by atoms with van der Waals surface area (Å²) in [5, 5.41) is 5.08. The van der Waals surface area contributed by atoms with E-state index in [4.69, 9.17) is 5.73 Å². The van der Waals surface area contributed by atoms with Gasteiger partial charge in [0.1, 0.15) is 5.82 Å². The minimum atomic E-state index is -0.974. The molecule has 0 aliphatic rings. The summed E-state index contributed by atoms with van der Waals surface area (Å²) < 4.78 is 26.7. The number of hydrogen-bond acceptors (Lipinski definition) is 3. The Kier molecular flexibility index (Phi) is 6.08. The Hall–Kier alpha value is -2.18. The number of rotatable bonds is 6. The van der Waals surface area contributed by atoms with Gasteiger partial charge in [0.2, 0.25) is 5.91 Å². The van der Waals surface area contributed by atoms with Crippen LogP contribution in [-0.4, -0.2) is 24.4 Å². The van der Waals surface area contributed by atoms with Crippen molar-refractivity contribution in [2.24, 2.45) is 0 Å². The summed E-state index contributed by atoms with van der Waals surface area (Å²) in [5.41, 5.74) is 4.33. The fraction of sp³-hybridized carbons (Fsp3) is 0.429. The first kappa shape index (κ1) is 16.9. The molecule has 4 N–H and O–H groups in total. The maximum atomic E-state index is 13.6. The third-order valence-electron chi connectivity index (χ3n) is 2.97. The van der Waals surface area contributed by atoms with Crippen molar-refractivity contribution >= 4 is 17.5 Å². The molecule has 7 heteroatoms. The molecule has 5 nitrogen and oxygen atoms in total. The van der Waals surface area contributed by atoms with Crippen LogP contribution >= 0.6 is 0 Å². The predicted molar refractivity (Wildman–Crippen MR) is 75.6 cm³/mol. The highest BCUT2D eigenvalue weighted by Crippen LogP contribution is 2.17. The molecular formula is C14H19F2N3O2. The van der Waals surface area contributed by atoms with Crippen molar-refractivity contribution in [2.45, 2.75) is 32.7 Å². The first-order valence-electron chi connectivity index (χ1n) is 6.67. The third-order valence-corrected chi connectivity index (χ3v) is 2.97. The SMILES string of the molecule is CCC(C)NC(=O)CCNC(=O)c1cc(F)cc(N)c1F. The van der Waals surface area contributed by atoms with Gasteiger partial charge in [-0.3, -0.25) is 9.59 Å². The molecule has 1 rings (SSSR count). The largest absolute Gasteiger partial charge is 0.396 e. The number of carbonyl (C=O) groups is 2. The molecule has 1 unspecified atom stereocenters. The number of benzene rings is 1. The number of nitrogens with one attached hydrogen (secondary N) is 2. The zero-order valence-corrected chi connectivity index (χ0v) is 12.0. The minimum Gasteiger partial charge on any atom is -0.396 e. The number of nitrogens with two attached hydrogens (primary N) is 1. The van der Waals surface area contributed by atoms with E-state index in [9.17, 15) is 18.4 Å². The van der Waals surface area contributed by atoms with E-state index in [0.29, 0.717) is 0 Å². The second-order valence-electron chi connectivity index (χ2n) is 4.74. The molecule has 0 saturated carbocycles. The number of hydrogen-bond donors (Lipinski definition) is 3. The van der Waals surface area contributed by atoms with Crippen molar-refractivity contribution in [3.8, 4) is 0 Å². The van der Waals surface area contributed by atoms with Crippen LogP contribution in [0.15, 0.2) is 12.1 Å². The van der Waals surface area contributed by atoms with Crippen molar-refractivity contribution in [1.82, 2.24) is 10.6 Å². The van der Waals surface area contributed by atoms with Gasteiger partial charge in [0, 0.05) is 19.0 Å². The molecule has 0 heterocycles. The first-order valence-corrected chi connectivity index (χ1v) is 6.67. The lowest BCUT2D eigenvalue weighted by atomic mass is 10.1. The van der Waals surface area contributed by atoms with Crippen LogP contribution < -0.4 is 16.4 Å². The van der Waals surface area contributed by atoms with E-state index in [-0.39, 0.29) is 24.9 Å². The molecule has 2 amide bonds. The standard InChI is InChI=1S/C14H19F2N3O2/c1-3-8(2)19-12(20)4-5-18-14(21)10-6-9(15)7-11(17)13(10)16/h6-8H,3-5,17H2,1-2H3,(H,18,21)(H,19,20). The van der Waals surface area contributed by atoms with Crippen molar-refractivity contribution < 1.29 is 18.4 Å². The number of amides is 2. The van der Waals surface area contributed by atoms with Gasteiger partial charge in [-0.2, -0.15) is 0 Å². The summed E-state index contributed by atoms with van der Waals surface area (Å²) >= 11 is 0. The van der Waals surface area contributed by atoms with Crippen LogP contribution in [0.4, 0.5) is 14.5 Å². The predicted octanol–water partition coefficient (Wildman–Crippen LogP) is 1.58. The van der Waals surface area contributed by atoms with E-state index in [0.717, 1.165) is 18.6 Å². The average Bonchev–Trinajstić information content (AvgIpc) is 2.42. The van der Waals surface area contributed by atoms with Gasteiger partial charge >= 0.3 is 0 Å². The molecular weight excluding hydrogens is 280 g/mol. The van der Waals surface area contributed by atoms with Crippen LogP contribution in [0, 0.1) is 11.6 Å². The highest BCUT2D eigenvalue weighted by molar-refractivity contribution is 5.95. The molecule has 0 radical (unpaired) electrons. The zero-order valence-electron chi connectivity index (χ0n) is 12.0. The van der Waals surface area contributed by atoms with E-state index in [1.165, 1.54) is 0 Å². The summed E-state index contributed by atoms with van der Waals surface area (Å²) in [5.74, 6) is -2.80. The van der Waals surface area contributed by atoms with Crippen LogP contribution in [0.2, 0.25) is 0 Å². The summed E-state index contributed by atoms with van der Waals surface area (Å²) in [6.45, 7) is 3.82. The van der Waals surface area contributed by atoms with Gasteiger partial charge in [-0.1, -0.05) is 6.92 Å². The molecule has 0 saturated heterocycles. The number of anilines is 1. The van der Waals surface area contributed by atoms with E-state index < -0.39 is 28.8 Å². The first-order chi connectivity index (χ1) is 9.85. The Bertz CT molecular complexity index is 535. The normalized spacial score (nSPS) is 11.8. The lowest BCUT2D eigenvalue weighted by Gasteiger charge is -2.12. The summed E-state index contributed by atoms with van der Waals surface area (Å²) in [4.78, 5) is 23.2. The van der Waals surface area contributed by atoms with E-state index >= 15 is 0 Å². The molecule has 116 valence electrons. The average molecular weight is 299 g/mol. The summed E-state index contributed by atoms with van der Waals surface area (Å²) in [6, 6.07) is 1.61.